The number of halogens is 1. The van der Waals surface area contributed by atoms with Crippen LogP contribution in [0.25, 0.3) is 44.7 Å². The fourth-order valence-electron chi connectivity index (χ4n) is 5.71. The number of piperidine rings is 1. The summed E-state index contributed by atoms with van der Waals surface area (Å²) in [5.74, 6) is 0.890. The topological polar surface area (TPSA) is 106 Å². The Labute approximate surface area is 225 Å². The van der Waals surface area contributed by atoms with Gasteiger partial charge in [-0.2, -0.15) is 5.10 Å². The van der Waals surface area contributed by atoms with Gasteiger partial charge in [0.25, 0.3) is 0 Å². The molecule has 0 radical (unpaired) electrons. The standard InChI is InChI=1S/C28H31FN10/c1-37-9-11-39(12-10-37)28-25-20(5-6-31-28)33-27(34-25)26-22-21(35-36-26)16-32-24(23(22)29)19-13-18(14-30-15-19)17-38-7-3-2-4-8-38/h5-6,13-16H,2-4,7-12,17H2,1H3,(H,33,34)(H,35,36). The Kier molecular flexibility index (Phi) is 6.16. The average molecular weight is 527 g/mol. The van der Waals surface area contributed by atoms with Gasteiger partial charge in [0, 0.05) is 56.9 Å². The SMILES string of the molecule is CN1CCN(c2nccc3[nH]c(-c4n[nH]c5cnc(-c6cncc(CN7CCCCC7)c6)c(F)c45)nc23)CC1. The van der Waals surface area contributed by atoms with Gasteiger partial charge in [0.2, 0.25) is 0 Å². The van der Waals surface area contributed by atoms with Gasteiger partial charge in [-0.05, 0) is 50.7 Å². The van der Waals surface area contributed by atoms with Crippen molar-refractivity contribution in [3.05, 3.63) is 48.3 Å². The predicted molar refractivity (Wildman–Crippen MR) is 149 cm³/mol. The zero-order chi connectivity index (χ0) is 26.3. The van der Waals surface area contributed by atoms with Crippen molar-refractivity contribution in [1.29, 1.82) is 0 Å². The van der Waals surface area contributed by atoms with E-state index in [1.165, 1.54) is 19.3 Å². The number of hydrogen-bond acceptors (Lipinski definition) is 8. The largest absolute Gasteiger partial charge is 0.352 e. The second-order valence-electron chi connectivity index (χ2n) is 10.6. The molecule has 0 unspecified atom stereocenters. The van der Waals surface area contributed by atoms with Gasteiger partial charge in [-0.25, -0.2) is 14.4 Å². The lowest BCUT2D eigenvalue weighted by Crippen LogP contribution is -2.44. The van der Waals surface area contributed by atoms with Crippen molar-refractivity contribution >= 4 is 27.8 Å². The first-order valence-corrected chi connectivity index (χ1v) is 13.6. The van der Waals surface area contributed by atoms with E-state index >= 15 is 4.39 Å². The van der Waals surface area contributed by atoms with E-state index < -0.39 is 5.82 Å². The monoisotopic (exact) mass is 526 g/mol. The molecule has 0 bridgehead atoms. The summed E-state index contributed by atoms with van der Waals surface area (Å²) < 4.78 is 16.2. The van der Waals surface area contributed by atoms with Crippen molar-refractivity contribution in [3.63, 3.8) is 0 Å². The van der Waals surface area contributed by atoms with E-state index in [1.807, 2.05) is 18.3 Å². The van der Waals surface area contributed by atoms with Crippen LogP contribution in [0.4, 0.5) is 10.2 Å². The van der Waals surface area contributed by atoms with Crippen LogP contribution in [-0.4, -0.2) is 91.2 Å². The second kappa shape index (κ2) is 9.97. The highest BCUT2D eigenvalue weighted by Gasteiger charge is 2.23. The molecule has 0 aromatic carbocycles. The smallest absolute Gasteiger partial charge is 0.161 e. The minimum absolute atomic E-state index is 0.258. The lowest BCUT2D eigenvalue weighted by atomic mass is 10.1. The highest BCUT2D eigenvalue weighted by molar-refractivity contribution is 5.96. The van der Waals surface area contributed by atoms with Gasteiger partial charge in [0.05, 0.1) is 22.6 Å². The molecule has 2 aliphatic rings. The quantitative estimate of drug-likeness (QED) is 0.356. The maximum atomic E-state index is 16.2. The number of aromatic amines is 2. The highest BCUT2D eigenvalue weighted by atomic mass is 19.1. The third-order valence-corrected chi connectivity index (χ3v) is 7.88. The van der Waals surface area contributed by atoms with Crippen LogP contribution in [0.1, 0.15) is 24.8 Å². The van der Waals surface area contributed by atoms with Gasteiger partial charge < -0.3 is 14.8 Å². The van der Waals surface area contributed by atoms with Crippen LogP contribution < -0.4 is 4.90 Å². The first-order valence-electron chi connectivity index (χ1n) is 13.6. The molecular weight excluding hydrogens is 495 g/mol. The lowest BCUT2D eigenvalue weighted by molar-refractivity contribution is 0.220. The van der Waals surface area contributed by atoms with Gasteiger partial charge in [-0.15, -0.1) is 0 Å². The number of piperazine rings is 1. The van der Waals surface area contributed by atoms with Gasteiger partial charge in [-0.3, -0.25) is 20.0 Å². The van der Waals surface area contributed by atoms with Crippen molar-refractivity contribution in [2.24, 2.45) is 0 Å². The normalized spacial score (nSPS) is 17.4. The number of nitrogens with zero attached hydrogens (tertiary/aromatic N) is 8. The number of rotatable bonds is 5. The first kappa shape index (κ1) is 24.1. The molecule has 0 amide bonds. The number of likely N-dealkylation sites (N-methyl/N-ethyl adjacent to an activating group) is 1. The Morgan fingerprint density at radius 3 is 2.62 bits per heavy atom. The van der Waals surface area contributed by atoms with Crippen LogP contribution in [-0.2, 0) is 6.54 Å². The number of hydrogen-bond donors (Lipinski definition) is 2. The molecule has 10 nitrogen and oxygen atoms in total. The van der Waals surface area contributed by atoms with Crippen LogP contribution >= 0.6 is 0 Å². The average Bonchev–Trinajstić information content (AvgIpc) is 3.59. The molecule has 39 heavy (non-hydrogen) atoms. The maximum absolute atomic E-state index is 16.2. The van der Waals surface area contributed by atoms with E-state index in [1.54, 1.807) is 18.6 Å². The lowest BCUT2D eigenvalue weighted by Gasteiger charge is -2.33. The molecular formula is C28H31FN10. The summed E-state index contributed by atoms with van der Waals surface area (Å²) in [6.07, 6.45) is 10.7. The van der Waals surface area contributed by atoms with E-state index in [-0.39, 0.29) is 5.69 Å². The third-order valence-electron chi connectivity index (χ3n) is 7.88. The Bertz CT molecular complexity index is 1630. The molecule has 0 aliphatic carbocycles. The number of fused-ring (bicyclic) bond motifs is 2. The summed E-state index contributed by atoms with van der Waals surface area (Å²) in [6.45, 7) is 6.68. The molecule has 2 fully saturated rings. The highest BCUT2D eigenvalue weighted by Crippen LogP contribution is 2.34. The number of nitrogens with one attached hydrogen (secondary N) is 2. The fraction of sp³-hybridized carbons (Fsp3) is 0.393. The van der Waals surface area contributed by atoms with E-state index in [2.05, 4.69) is 51.9 Å². The van der Waals surface area contributed by atoms with Crippen molar-refractivity contribution in [2.45, 2.75) is 25.8 Å². The Morgan fingerprint density at radius 2 is 1.77 bits per heavy atom. The van der Waals surface area contributed by atoms with Crippen molar-refractivity contribution in [1.82, 2.24) is 44.9 Å². The van der Waals surface area contributed by atoms with E-state index in [0.29, 0.717) is 28.0 Å². The van der Waals surface area contributed by atoms with E-state index in [9.17, 15) is 0 Å². The third kappa shape index (κ3) is 4.51. The van der Waals surface area contributed by atoms with Gasteiger partial charge in [-0.1, -0.05) is 6.42 Å². The molecule has 0 spiro atoms. The zero-order valence-electron chi connectivity index (χ0n) is 22.0. The Hall–Kier alpha value is -3.96. The molecule has 11 heteroatoms. The molecule has 5 aromatic heterocycles. The summed E-state index contributed by atoms with van der Waals surface area (Å²) in [5.41, 5.74) is 4.51. The van der Waals surface area contributed by atoms with Crippen LogP contribution in [0, 0.1) is 5.82 Å². The number of imidazole rings is 1. The fourth-order valence-corrected chi connectivity index (χ4v) is 5.71. The summed E-state index contributed by atoms with van der Waals surface area (Å²) >= 11 is 0. The summed E-state index contributed by atoms with van der Waals surface area (Å²) in [6, 6.07) is 3.89. The molecule has 2 aliphatic heterocycles. The van der Waals surface area contributed by atoms with Crippen LogP contribution in [0.2, 0.25) is 0 Å². The van der Waals surface area contributed by atoms with Gasteiger partial charge in [0.1, 0.15) is 16.9 Å². The Morgan fingerprint density at radius 1 is 0.923 bits per heavy atom. The number of aromatic nitrogens is 7. The zero-order valence-corrected chi connectivity index (χ0v) is 22.0. The molecule has 0 atom stereocenters. The molecule has 7 rings (SSSR count). The molecule has 200 valence electrons. The van der Waals surface area contributed by atoms with Gasteiger partial charge >= 0.3 is 0 Å². The number of H-pyrrole nitrogens is 2. The number of pyridine rings is 3. The molecule has 0 saturated carbocycles. The van der Waals surface area contributed by atoms with E-state index in [4.69, 9.17) is 4.98 Å². The predicted octanol–water partition coefficient (Wildman–Crippen LogP) is 3.84. The molecule has 2 saturated heterocycles. The maximum Gasteiger partial charge on any atom is 0.161 e. The summed E-state index contributed by atoms with van der Waals surface area (Å²) in [7, 11) is 2.12. The molecule has 7 heterocycles. The van der Waals surface area contributed by atoms with Crippen molar-refractivity contribution in [3.8, 4) is 22.8 Å². The molecule has 2 N–H and O–H groups in total. The second-order valence-corrected chi connectivity index (χ2v) is 10.6. The first-order chi connectivity index (χ1) is 19.1. The minimum atomic E-state index is -0.439. The van der Waals surface area contributed by atoms with E-state index in [0.717, 1.165) is 68.2 Å². The van der Waals surface area contributed by atoms with Gasteiger partial charge in [0.15, 0.2) is 17.5 Å². The van der Waals surface area contributed by atoms with Crippen LogP contribution in [0.15, 0.2) is 36.9 Å². The summed E-state index contributed by atoms with van der Waals surface area (Å²) in [5, 5.41) is 7.73. The molecule has 5 aromatic rings. The Balaban J connectivity index is 1.25. The van der Waals surface area contributed by atoms with Crippen molar-refractivity contribution in [2.75, 3.05) is 51.2 Å². The van der Waals surface area contributed by atoms with Crippen LogP contribution in [0.5, 0.6) is 0 Å². The summed E-state index contributed by atoms with van der Waals surface area (Å²) in [4.78, 5) is 28.7. The number of anilines is 1. The minimum Gasteiger partial charge on any atom is -0.352 e. The van der Waals surface area contributed by atoms with Crippen molar-refractivity contribution < 1.29 is 4.39 Å². The van der Waals surface area contributed by atoms with Crippen LogP contribution in [0.3, 0.4) is 0 Å². The number of likely N-dealkylation sites (tertiary alicyclic amines) is 1.